The van der Waals surface area contributed by atoms with Gasteiger partial charge in [0, 0.05) is 43.2 Å². The highest BCUT2D eigenvalue weighted by molar-refractivity contribution is 5.14. The molecule has 0 amide bonds. The van der Waals surface area contributed by atoms with Gasteiger partial charge in [-0.15, -0.1) is 0 Å². The smallest absolute Gasteiger partial charge is 0.213 e. The Morgan fingerprint density at radius 3 is 2.91 bits per heavy atom. The van der Waals surface area contributed by atoms with Crippen molar-refractivity contribution in [3.63, 3.8) is 0 Å². The fourth-order valence-corrected chi connectivity index (χ4v) is 2.98. The number of rotatable bonds is 5. The topological polar surface area (TPSA) is 38.2 Å². The second-order valence-electron chi connectivity index (χ2n) is 6.03. The third-order valence-electron chi connectivity index (χ3n) is 4.09. The summed E-state index contributed by atoms with van der Waals surface area (Å²) in [6.45, 7) is 6.00. The van der Waals surface area contributed by atoms with Gasteiger partial charge < -0.3 is 4.74 Å². The highest BCUT2D eigenvalue weighted by Gasteiger charge is 2.20. The van der Waals surface area contributed by atoms with E-state index in [1.165, 1.54) is 24.9 Å². The highest BCUT2D eigenvalue weighted by atomic mass is 16.5. The summed E-state index contributed by atoms with van der Waals surface area (Å²) in [5.74, 6) is 1.32. The molecule has 1 atom stereocenters. The average Bonchev–Trinajstić information content (AvgIpc) is 2.54. The minimum Gasteiger partial charge on any atom is -0.477 e. The lowest BCUT2D eigenvalue weighted by Gasteiger charge is -2.32. The summed E-state index contributed by atoms with van der Waals surface area (Å²) in [6, 6.07) is 10.1. The van der Waals surface area contributed by atoms with Crippen molar-refractivity contribution < 1.29 is 4.74 Å². The van der Waals surface area contributed by atoms with Gasteiger partial charge in [0.05, 0.1) is 6.61 Å². The summed E-state index contributed by atoms with van der Waals surface area (Å²) in [5, 5.41) is 0. The molecule has 22 heavy (non-hydrogen) atoms. The van der Waals surface area contributed by atoms with Gasteiger partial charge in [-0.3, -0.25) is 9.88 Å². The predicted molar refractivity (Wildman–Crippen MR) is 86.7 cm³/mol. The molecule has 0 N–H and O–H groups in total. The molecule has 3 rings (SSSR count). The summed E-state index contributed by atoms with van der Waals surface area (Å²) >= 11 is 0. The lowest BCUT2D eigenvalue weighted by atomic mass is 9.98. The van der Waals surface area contributed by atoms with Crippen LogP contribution in [0.3, 0.4) is 0 Å². The van der Waals surface area contributed by atoms with Crippen LogP contribution in [0.4, 0.5) is 0 Å². The fourth-order valence-electron chi connectivity index (χ4n) is 2.98. The zero-order valence-electron chi connectivity index (χ0n) is 13.1. The van der Waals surface area contributed by atoms with Gasteiger partial charge in [-0.2, -0.15) is 0 Å². The summed E-state index contributed by atoms with van der Waals surface area (Å²) in [6.07, 6.45) is 6.20. The van der Waals surface area contributed by atoms with Crippen LogP contribution in [-0.2, 0) is 6.54 Å². The van der Waals surface area contributed by atoms with E-state index in [0.29, 0.717) is 5.92 Å². The van der Waals surface area contributed by atoms with E-state index < -0.39 is 0 Å². The number of aromatic nitrogens is 2. The van der Waals surface area contributed by atoms with E-state index in [9.17, 15) is 0 Å². The molecule has 116 valence electrons. The fraction of sp³-hybridized carbons (Fsp3) is 0.444. The van der Waals surface area contributed by atoms with Gasteiger partial charge in [-0.1, -0.05) is 6.07 Å². The molecule has 0 aromatic carbocycles. The van der Waals surface area contributed by atoms with E-state index in [0.717, 1.165) is 31.3 Å². The van der Waals surface area contributed by atoms with Crippen LogP contribution in [0.15, 0.2) is 42.7 Å². The molecule has 2 aromatic heterocycles. The molecule has 0 radical (unpaired) electrons. The van der Waals surface area contributed by atoms with Gasteiger partial charge in [0.1, 0.15) is 0 Å². The number of piperidine rings is 1. The maximum Gasteiger partial charge on any atom is 0.213 e. The first-order valence-corrected chi connectivity index (χ1v) is 7.97. The first kappa shape index (κ1) is 15.0. The summed E-state index contributed by atoms with van der Waals surface area (Å²) in [4.78, 5) is 11.0. The second kappa shape index (κ2) is 7.36. The standard InChI is InChI=1S/C18H23N3O/c1-15-4-2-6-18(20-15)22-14-17-5-3-11-21(13-17)12-16-7-9-19-10-8-16/h2,4,6-10,17H,3,5,11-14H2,1H3. The monoisotopic (exact) mass is 297 g/mol. The molecule has 0 aliphatic carbocycles. The SMILES string of the molecule is Cc1cccc(OCC2CCCN(Cc3ccncc3)C2)n1. The molecule has 4 heteroatoms. The van der Waals surface area contributed by atoms with E-state index in [2.05, 4.69) is 27.0 Å². The Morgan fingerprint density at radius 1 is 1.23 bits per heavy atom. The molecular weight excluding hydrogens is 274 g/mol. The van der Waals surface area contributed by atoms with Gasteiger partial charge in [0.25, 0.3) is 0 Å². The van der Waals surface area contributed by atoms with Crippen LogP contribution in [0, 0.1) is 12.8 Å². The van der Waals surface area contributed by atoms with Gasteiger partial charge in [0.2, 0.25) is 5.88 Å². The van der Waals surface area contributed by atoms with Crippen LogP contribution >= 0.6 is 0 Å². The van der Waals surface area contributed by atoms with E-state index in [1.807, 2.05) is 37.5 Å². The lowest BCUT2D eigenvalue weighted by Crippen LogP contribution is -2.37. The van der Waals surface area contributed by atoms with Gasteiger partial charge in [-0.25, -0.2) is 4.98 Å². The molecule has 1 saturated heterocycles. The first-order valence-electron chi connectivity index (χ1n) is 7.97. The maximum absolute atomic E-state index is 5.88. The van der Waals surface area contributed by atoms with E-state index in [1.54, 1.807) is 0 Å². The van der Waals surface area contributed by atoms with Gasteiger partial charge in [0.15, 0.2) is 0 Å². The van der Waals surface area contributed by atoms with Crippen LogP contribution < -0.4 is 4.74 Å². The molecule has 2 aromatic rings. The van der Waals surface area contributed by atoms with Crippen molar-refractivity contribution in [3.8, 4) is 5.88 Å². The number of likely N-dealkylation sites (tertiary alicyclic amines) is 1. The zero-order valence-corrected chi connectivity index (χ0v) is 13.1. The molecule has 1 aliphatic heterocycles. The van der Waals surface area contributed by atoms with Crippen LogP contribution in [0.1, 0.15) is 24.1 Å². The number of pyridine rings is 2. The van der Waals surface area contributed by atoms with E-state index >= 15 is 0 Å². The van der Waals surface area contributed by atoms with Crippen molar-refractivity contribution in [1.29, 1.82) is 0 Å². The number of ether oxygens (including phenoxy) is 1. The van der Waals surface area contributed by atoms with E-state index in [4.69, 9.17) is 4.74 Å². The van der Waals surface area contributed by atoms with Crippen molar-refractivity contribution in [2.75, 3.05) is 19.7 Å². The third-order valence-corrected chi connectivity index (χ3v) is 4.09. The van der Waals surface area contributed by atoms with Crippen LogP contribution in [-0.4, -0.2) is 34.6 Å². The third kappa shape index (κ3) is 4.28. The van der Waals surface area contributed by atoms with Gasteiger partial charge >= 0.3 is 0 Å². The Bertz CT molecular complexity index is 588. The van der Waals surface area contributed by atoms with Crippen LogP contribution in [0.2, 0.25) is 0 Å². The Morgan fingerprint density at radius 2 is 2.09 bits per heavy atom. The molecule has 1 fully saturated rings. The minimum absolute atomic E-state index is 0.581. The van der Waals surface area contributed by atoms with Gasteiger partial charge in [-0.05, 0) is 50.1 Å². The maximum atomic E-state index is 5.88. The zero-order chi connectivity index (χ0) is 15.2. The molecule has 0 bridgehead atoms. The predicted octanol–water partition coefficient (Wildman–Crippen LogP) is 3.08. The van der Waals surface area contributed by atoms with Crippen molar-refractivity contribution in [1.82, 2.24) is 14.9 Å². The first-order chi connectivity index (χ1) is 10.8. The van der Waals surface area contributed by atoms with Crippen molar-refractivity contribution in [2.45, 2.75) is 26.3 Å². The van der Waals surface area contributed by atoms with Crippen molar-refractivity contribution in [2.24, 2.45) is 5.92 Å². The number of hydrogen-bond acceptors (Lipinski definition) is 4. The lowest BCUT2D eigenvalue weighted by molar-refractivity contribution is 0.123. The Labute approximate surface area is 132 Å². The van der Waals surface area contributed by atoms with Crippen molar-refractivity contribution in [3.05, 3.63) is 54.0 Å². The van der Waals surface area contributed by atoms with E-state index in [-0.39, 0.29) is 0 Å². The summed E-state index contributed by atoms with van der Waals surface area (Å²) in [7, 11) is 0. The number of hydrogen-bond donors (Lipinski definition) is 0. The molecule has 1 aliphatic rings. The molecule has 0 spiro atoms. The minimum atomic E-state index is 0.581. The quantitative estimate of drug-likeness (QED) is 0.850. The molecule has 1 unspecified atom stereocenters. The normalized spacial score (nSPS) is 19.0. The molecule has 4 nitrogen and oxygen atoms in total. The average molecular weight is 297 g/mol. The largest absolute Gasteiger partial charge is 0.477 e. The highest BCUT2D eigenvalue weighted by Crippen LogP contribution is 2.19. The Kier molecular flexibility index (Phi) is 5.01. The number of aryl methyl sites for hydroxylation is 1. The van der Waals surface area contributed by atoms with Crippen molar-refractivity contribution >= 4 is 0 Å². The second-order valence-corrected chi connectivity index (χ2v) is 6.03. The van der Waals surface area contributed by atoms with Crippen LogP contribution in [0.5, 0.6) is 5.88 Å². The van der Waals surface area contributed by atoms with Crippen LogP contribution in [0.25, 0.3) is 0 Å². The Hall–Kier alpha value is -1.94. The molecule has 3 heterocycles. The molecule has 0 saturated carbocycles. The summed E-state index contributed by atoms with van der Waals surface area (Å²) in [5.41, 5.74) is 2.33. The summed E-state index contributed by atoms with van der Waals surface area (Å²) < 4.78 is 5.88. The Balaban J connectivity index is 1.50. The molecular formula is C18H23N3O. The number of nitrogens with zero attached hydrogens (tertiary/aromatic N) is 3.